The average molecular weight is 423 g/mol. The second-order valence-electron chi connectivity index (χ2n) is 6.62. The van der Waals surface area contributed by atoms with Crippen molar-refractivity contribution in [2.24, 2.45) is 5.92 Å². The zero-order valence-electron chi connectivity index (χ0n) is 15.5. The Balaban J connectivity index is 1.82. The Kier molecular flexibility index (Phi) is 7.64. The number of amides is 1. The van der Waals surface area contributed by atoms with Crippen LogP contribution in [0.5, 0.6) is 5.88 Å². The zero-order chi connectivity index (χ0) is 20.8. The molecular formula is C17H24F3N3O4S. The summed E-state index contributed by atoms with van der Waals surface area (Å²) in [6.07, 6.45) is -0.999. The first kappa shape index (κ1) is 22.4. The number of nitrogens with zero attached hydrogens (tertiary/aromatic N) is 2. The summed E-state index contributed by atoms with van der Waals surface area (Å²) in [5, 5.41) is 2.65. The summed E-state index contributed by atoms with van der Waals surface area (Å²) in [4.78, 5) is 16.1. The molecule has 0 radical (unpaired) electrons. The number of pyridine rings is 1. The smallest absolute Gasteiger partial charge is 0.422 e. The summed E-state index contributed by atoms with van der Waals surface area (Å²) in [5.74, 6) is -0.675. The summed E-state index contributed by atoms with van der Waals surface area (Å²) in [6, 6.07) is 2.64. The highest BCUT2D eigenvalue weighted by atomic mass is 32.2. The van der Waals surface area contributed by atoms with Gasteiger partial charge in [0.25, 0.3) is 0 Å². The van der Waals surface area contributed by atoms with Gasteiger partial charge in [-0.25, -0.2) is 17.7 Å². The lowest BCUT2D eigenvalue weighted by atomic mass is 9.97. The molecule has 0 aliphatic carbocycles. The molecule has 0 aromatic carbocycles. The van der Waals surface area contributed by atoms with Crippen molar-refractivity contribution in [2.45, 2.75) is 38.8 Å². The van der Waals surface area contributed by atoms with Gasteiger partial charge in [-0.05, 0) is 25.3 Å². The van der Waals surface area contributed by atoms with Crippen molar-refractivity contribution in [1.29, 1.82) is 0 Å². The number of piperidine rings is 1. The number of aromatic nitrogens is 1. The Bertz CT molecular complexity index is 746. The molecule has 158 valence electrons. The summed E-state index contributed by atoms with van der Waals surface area (Å²) in [6.45, 7) is 1.08. The number of carbonyl (C=O) groups is 1. The standard InChI is InChI=1S/C17H24F3N3O4S/c1-2-3-10-28(25,26)23-8-6-13(7-9-23)16(24)22-14-4-5-15(21-11-14)27-12-17(18,19)20/h4-5,11,13H,2-3,6-10,12H2,1H3,(H,22,24). The van der Waals surface area contributed by atoms with Gasteiger partial charge in [0.2, 0.25) is 21.8 Å². The molecule has 1 amide bonds. The van der Waals surface area contributed by atoms with E-state index in [1.165, 1.54) is 22.6 Å². The molecule has 0 unspecified atom stereocenters. The maximum absolute atomic E-state index is 12.4. The highest BCUT2D eigenvalue weighted by molar-refractivity contribution is 7.89. The van der Waals surface area contributed by atoms with Crippen molar-refractivity contribution in [3.8, 4) is 5.88 Å². The molecule has 1 N–H and O–H groups in total. The van der Waals surface area contributed by atoms with Crippen molar-refractivity contribution in [2.75, 3.05) is 30.8 Å². The molecule has 11 heteroatoms. The lowest BCUT2D eigenvalue weighted by Crippen LogP contribution is -2.42. The SMILES string of the molecule is CCCCS(=O)(=O)N1CCC(C(=O)Nc2ccc(OCC(F)(F)F)nc2)CC1. The van der Waals surface area contributed by atoms with Gasteiger partial charge in [0.1, 0.15) is 0 Å². The lowest BCUT2D eigenvalue weighted by molar-refractivity contribution is -0.154. The second-order valence-corrected chi connectivity index (χ2v) is 8.71. The molecule has 1 aliphatic rings. The van der Waals surface area contributed by atoms with Gasteiger partial charge in [-0.1, -0.05) is 13.3 Å². The van der Waals surface area contributed by atoms with Crippen LogP contribution in [0.1, 0.15) is 32.6 Å². The molecule has 1 aromatic rings. The lowest BCUT2D eigenvalue weighted by Gasteiger charge is -2.30. The van der Waals surface area contributed by atoms with E-state index in [0.717, 1.165) is 6.42 Å². The number of unbranched alkanes of at least 4 members (excludes halogenated alkanes) is 1. The van der Waals surface area contributed by atoms with E-state index < -0.39 is 22.8 Å². The first-order valence-corrected chi connectivity index (χ1v) is 10.7. The molecular weight excluding hydrogens is 399 g/mol. The summed E-state index contributed by atoms with van der Waals surface area (Å²) in [7, 11) is -3.28. The average Bonchev–Trinajstić information content (AvgIpc) is 2.65. The molecule has 0 saturated carbocycles. The fourth-order valence-corrected chi connectivity index (χ4v) is 4.47. The van der Waals surface area contributed by atoms with Gasteiger partial charge in [-0.2, -0.15) is 13.2 Å². The van der Waals surface area contributed by atoms with Crippen LogP contribution in [0.4, 0.5) is 18.9 Å². The van der Waals surface area contributed by atoms with Crippen LogP contribution in [0.15, 0.2) is 18.3 Å². The molecule has 0 atom stereocenters. The van der Waals surface area contributed by atoms with Crippen molar-refractivity contribution in [3.63, 3.8) is 0 Å². The molecule has 0 spiro atoms. The number of carbonyl (C=O) groups excluding carboxylic acids is 1. The monoisotopic (exact) mass is 423 g/mol. The predicted molar refractivity (Wildman–Crippen MR) is 97.4 cm³/mol. The molecule has 2 rings (SSSR count). The normalized spacial score (nSPS) is 16.7. The molecule has 7 nitrogen and oxygen atoms in total. The van der Waals surface area contributed by atoms with Crippen LogP contribution >= 0.6 is 0 Å². The third-order valence-corrected chi connectivity index (χ3v) is 6.32. The Hall–Kier alpha value is -1.88. The van der Waals surface area contributed by atoms with Crippen molar-refractivity contribution in [1.82, 2.24) is 9.29 Å². The second kappa shape index (κ2) is 9.55. The van der Waals surface area contributed by atoms with Crippen molar-refractivity contribution in [3.05, 3.63) is 18.3 Å². The van der Waals surface area contributed by atoms with Crippen LogP contribution in [-0.2, 0) is 14.8 Å². The Morgan fingerprint density at radius 1 is 1.32 bits per heavy atom. The number of halogens is 3. The van der Waals surface area contributed by atoms with Gasteiger partial charge in [-0.15, -0.1) is 0 Å². The van der Waals surface area contributed by atoms with E-state index in [4.69, 9.17) is 0 Å². The van der Waals surface area contributed by atoms with Gasteiger partial charge < -0.3 is 10.1 Å². The van der Waals surface area contributed by atoms with Gasteiger partial charge in [-0.3, -0.25) is 4.79 Å². The highest BCUT2D eigenvalue weighted by Gasteiger charge is 2.31. The first-order valence-electron chi connectivity index (χ1n) is 9.05. The number of alkyl halides is 3. The first-order chi connectivity index (χ1) is 13.1. The van der Waals surface area contributed by atoms with Gasteiger partial charge in [0.05, 0.1) is 17.6 Å². The molecule has 2 heterocycles. The molecule has 1 fully saturated rings. The van der Waals surface area contributed by atoms with E-state index in [1.54, 1.807) is 0 Å². The van der Waals surface area contributed by atoms with Crippen LogP contribution in [0.2, 0.25) is 0 Å². The zero-order valence-corrected chi connectivity index (χ0v) is 16.4. The van der Waals surface area contributed by atoms with Crippen molar-refractivity contribution < 1.29 is 31.1 Å². The number of ether oxygens (including phenoxy) is 1. The topological polar surface area (TPSA) is 88.6 Å². The molecule has 1 aromatic heterocycles. The van der Waals surface area contributed by atoms with E-state index in [0.29, 0.717) is 38.0 Å². The number of hydrogen-bond acceptors (Lipinski definition) is 5. The Labute approximate surface area is 162 Å². The van der Waals surface area contributed by atoms with Crippen LogP contribution in [0, 0.1) is 5.92 Å². The van der Waals surface area contributed by atoms with Crippen LogP contribution in [0.25, 0.3) is 0 Å². The number of hydrogen-bond donors (Lipinski definition) is 1. The minimum absolute atomic E-state index is 0.120. The highest BCUT2D eigenvalue weighted by Crippen LogP contribution is 2.23. The third-order valence-electron chi connectivity index (χ3n) is 4.36. The third kappa shape index (κ3) is 6.93. The van der Waals surface area contributed by atoms with E-state index in [9.17, 15) is 26.4 Å². The van der Waals surface area contributed by atoms with Gasteiger partial charge in [0, 0.05) is 25.1 Å². The quantitative estimate of drug-likeness (QED) is 0.695. The van der Waals surface area contributed by atoms with E-state index in [1.807, 2.05) is 6.92 Å². The molecule has 1 saturated heterocycles. The van der Waals surface area contributed by atoms with Gasteiger partial charge >= 0.3 is 6.18 Å². The largest absolute Gasteiger partial charge is 0.468 e. The minimum Gasteiger partial charge on any atom is -0.468 e. The number of nitrogens with one attached hydrogen (secondary N) is 1. The minimum atomic E-state index is -4.45. The number of rotatable bonds is 8. The van der Waals surface area contributed by atoms with Crippen LogP contribution < -0.4 is 10.1 Å². The van der Waals surface area contributed by atoms with Crippen LogP contribution in [0.3, 0.4) is 0 Å². The maximum atomic E-state index is 12.4. The van der Waals surface area contributed by atoms with E-state index >= 15 is 0 Å². The number of anilines is 1. The predicted octanol–water partition coefficient (Wildman–Crippen LogP) is 2.80. The Morgan fingerprint density at radius 3 is 2.54 bits per heavy atom. The van der Waals surface area contributed by atoms with Gasteiger partial charge in [0.15, 0.2) is 6.61 Å². The Morgan fingerprint density at radius 2 is 2.00 bits per heavy atom. The van der Waals surface area contributed by atoms with E-state index in [2.05, 4.69) is 15.0 Å². The summed E-state index contributed by atoms with van der Waals surface area (Å²) >= 11 is 0. The fraction of sp³-hybridized carbons (Fsp3) is 0.647. The van der Waals surface area contributed by atoms with E-state index in [-0.39, 0.29) is 23.5 Å². The molecule has 1 aliphatic heterocycles. The maximum Gasteiger partial charge on any atom is 0.422 e. The number of sulfonamides is 1. The van der Waals surface area contributed by atoms with Crippen molar-refractivity contribution >= 4 is 21.6 Å². The summed E-state index contributed by atoms with van der Waals surface area (Å²) < 4.78 is 66.7. The molecule has 28 heavy (non-hydrogen) atoms. The fourth-order valence-electron chi connectivity index (χ4n) is 2.79. The summed E-state index contributed by atoms with van der Waals surface area (Å²) in [5.41, 5.74) is 0.336. The molecule has 0 bridgehead atoms. The van der Waals surface area contributed by atoms with Crippen LogP contribution in [-0.4, -0.2) is 55.2 Å².